The highest BCUT2D eigenvalue weighted by Crippen LogP contribution is 2.20. The van der Waals surface area contributed by atoms with Crippen LogP contribution in [0.25, 0.3) is 16.7 Å². The van der Waals surface area contributed by atoms with E-state index in [2.05, 4.69) is 43.3 Å². The van der Waals surface area contributed by atoms with Crippen LogP contribution >= 0.6 is 11.3 Å². The summed E-state index contributed by atoms with van der Waals surface area (Å²) < 4.78 is 1.77. The zero-order chi connectivity index (χ0) is 15.5. The normalized spacial score (nSPS) is 11.0. The van der Waals surface area contributed by atoms with Crippen LogP contribution in [0.4, 0.5) is 5.82 Å². The monoisotopic (exact) mass is 322 g/mol. The highest BCUT2D eigenvalue weighted by Gasteiger charge is 2.11. The zero-order valence-electron chi connectivity index (χ0n) is 12.3. The fourth-order valence-corrected chi connectivity index (χ4v) is 3.13. The van der Waals surface area contributed by atoms with E-state index >= 15 is 0 Å². The molecule has 0 unspecified atom stereocenters. The van der Waals surface area contributed by atoms with E-state index in [0.29, 0.717) is 11.5 Å². The van der Waals surface area contributed by atoms with Crippen LogP contribution in [0.15, 0.2) is 54.0 Å². The molecule has 0 bridgehead atoms. The number of fused-ring (bicyclic) bond motifs is 1. The van der Waals surface area contributed by atoms with Crippen LogP contribution in [0.3, 0.4) is 0 Å². The number of benzene rings is 1. The number of para-hydroxylation sites is 1. The van der Waals surface area contributed by atoms with Crippen molar-refractivity contribution in [2.24, 2.45) is 0 Å². The maximum Gasteiger partial charge on any atom is 0.190 e. The van der Waals surface area contributed by atoms with Gasteiger partial charge >= 0.3 is 0 Å². The standard InChI is InChI=1S/C16H14N6S/c1-2-5-12(6-3-1)22-16-14(11-18-22)15(19-21-20-16)17-9-8-13-7-4-10-23-13/h1-7,10-11H,8-9H2,(H,17,19,20). The Morgan fingerprint density at radius 3 is 2.78 bits per heavy atom. The van der Waals surface area contributed by atoms with Crippen molar-refractivity contribution in [2.45, 2.75) is 6.42 Å². The van der Waals surface area contributed by atoms with Crippen molar-refractivity contribution in [3.8, 4) is 5.69 Å². The van der Waals surface area contributed by atoms with Crippen molar-refractivity contribution in [3.05, 3.63) is 58.9 Å². The topological polar surface area (TPSA) is 68.5 Å². The lowest BCUT2D eigenvalue weighted by Gasteiger charge is -2.05. The predicted octanol–water partition coefficient (Wildman–Crippen LogP) is 2.93. The van der Waals surface area contributed by atoms with Gasteiger partial charge in [0, 0.05) is 11.4 Å². The number of aromatic nitrogens is 5. The first-order valence-corrected chi connectivity index (χ1v) is 8.18. The molecule has 6 nitrogen and oxygen atoms in total. The first kappa shape index (κ1) is 13.8. The van der Waals surface area contributed by atoms with Crippen LogP contribution in [0, 0.1) is 0 Å². The van der Waals surface area contributed by atoms with E-state index < -0.39 is 0 Å². The van der Waals surface area contributed by atoms with Gasteiger partial charge in [-0.25, -0.2) is 4.68 Å². The van der Waals surface area contributed by atoms with Crippen LogP contribution < -0.4 is 5.32 Å². The molecule has 0 aliphatic heterocycles. The third-order valence-corrected chi connectivity index (χ3v) is 4.46. The van der Waals surface area contributed by atoms with Crippen LogP contribution in [0.1, 0.15) is 4.88 Å². The van der Waals surface area contributed by atoms with E-state index in [1.54, 1.807) is 22.2 Å². The second-order valence-corrected chi connectivity index (χ2v) is 6.06. The van der Waals surface area contributed by atoms with Crippen molar-refractivity contribution in [1.82, 2.24) is 25.2 Å². The van der Waals surface area contributed by atoms with Crippen LogP contribution in [0.2, 0.25) is 0 Å². The molecule has 1 aromatic carbocycles. The summed E-state index contributed by atoms with van der Waals surface area (Å²) in [5, 5.41) is 22.8. The van der Waals surface area contributed by atoms with Gasteiger partial charge < -0.3 is 5.32 Å². The van der Waals surface area contributed by atoms with Gasteiger partial charge in [-0.15, -0.1) is 21.5 Å². The lowest BCUT2D eigenvalue weighted by Crippen LogP contribution is -2.08. The molecular formula is C16H14N6S. The second-order valence-electron chi connectivity index (χ2n) is 5.02. The van der Waals surface area contributed by atoms with E-state index in [9.17, 15) is 0 Å². The molecule has 3 heterocycles. The molecule has 23 heavy (non-hydrogen) atoms. The predicted molar refractivity (Wildman–Crippen MR) is 91.0 cm³/mol. The minimum Gasteiger partial charge on any atom is -0.368 e. The summed E-state index contributed by atoms with van der Waals surface area (Å²) in [6.07, 6.45) is 2.73. The molecule has 0 fully saturated rings. The summed E-state index contributed by atoms with van der Waals surface area (Å²) >= 11 is 1.76. The molecule has 0 aliphatic carbocycles. The van der Waals surface area contributed by atoms with Gasteiger partial charge in [-0.2, -0.15) is 5.10 Å². The third kappa shape index (κ3) is 2.78. The summed E-state index contributed by atoms with van der Waals surface area (Å²) in [5.41, 5.74) is 1.65. The van der Waals surface area contributed by atoms with E-state index in [1.807, 2.05) is 30.3 Å². The average molecular weight is 322 g/mol. The number of nitrogens with zero attached hydrogens (tertiary/aromatic N) is 5. The molecule has 1 N–H and O–H groups in total. The molecule has 0 amide bonds. The van der Waals surface area contributed by atoms with E-state index in [1.165, 1.54) is 4.88 Å². The number of rotatable bonds is 5. The summed E-state index contributed by atoms with van der Waals surface area (Å²) in [5.74, 6) is 0.716. The minimum absolute atomic E-state index is 0.699. The first-order valence-electron chi connectivity index (χ1n) is 7.30. The molecule has 0 saturated carbocycles. The van der Waals surface area contributed by atoms with Crippen molar-refractivity contribution >= 4 is 28.2 Å². The van der Waals surface area contributed by atoms with Gasteiger partial charge in [0.2, 0.25) is 0 Å². The summed E-state index contributed by atoms with van der Waals surface area (Å²) in [7, 11) is 0. The molecule has 3 aromatic heterocycles. The van der Waals surface area contributed by atoms with Crippen molar-refractivity contribution in [2.75, 3.05) is 11.9 Å². The first-order chi connectivity index (χ1) is 11.4. The van der Waals surface area contributed by atoms with Crippen LogP contribution in [0.5, 0.6) is 0 Å². The van der Waals surface area contributed by atoms with Crippen molar-refractivity contribution < 1.29 is 0 Å². The van der Waals surface area contributed by atoms with Gasteiger partial charge in [0.05, 0.1) is 17.3 Å². The molecular weight excluding hydrogens is 308 g/mol. The SMILES string of the molecule is c1ccc(-n2ncc3c(NCCc4cccs4)nnnc32)cc1. The molecule has 7 heteroatoms. The second kappa shape index (κ2) is 6.13. The Morgan fingerprint density at radius 1 is 1.04 bits per heavy atom. The van der Waals surface area contributed by atoms with E-state index in [0.717, 1.165) is 24.0 Å². The molecule has 0 radical (unpaired) electrons. The number of thiophene rings is 1. The van der Waals surface area contributed by atoms with Gasteiger partial charge in [0.15, 0.2) is 11.5 Å². The fraction of sp³-hybridized carbons (Fsp3) is 0.125. The Balaban J connectivity index is 1.60. The minimum atomic E-state index is 0.699. The van der Waals surface area contributed by atoms with Crippen molar-refractivity contribution in [1.29, 1.82) is 0 Å². The largest absolute Gasteiger partial charge is 0.368 e. The van der Waals surface area contributed by atoms with Crippen LogP contribution in [-0.4, -0.2) is 31.7 Å². The number of nitrogens with one attached hydrogen (secondary N) is 1. The maximum atomic E-state index is 4.42. The molecule has 4 rings (SSSR count). The lowest BCUT2D eigenvalue weighted by molar-refractivity contribution is 0.839. The van der Waals surface area contributed by atoms with E-state index in [-0.39, 0.29) is 0 Å². The zero-order valence-corrected chi connectivity index (χ0v) is 13.1. The summed E-state index contributed by atoms with van der Waals surface area (Å²) in [4.78, 5) is 1.34. The molecule has 4 aromatic rings. The van der Waals surface area contributed by atoms with Gasteiger partial charge in [0.25, 0.3) is 0 Å². The quantitative estimate of drug-likeness (QED) is 0.612. The molecule has 114 valence electrons. The number of hydrogen-bond donors (Lipinski definition) is 1. The van der Waals surface area contributed by atoms with Crippen LogP contribution in [-0.2, 0) is 6.42 Å². The lowest BCUT2D eigenvalue weighted by atomic mass is 10.3. The average Bonchev–Trinajstić information content (AvgIpc) is 3.25. The molecule has 0 atom stereocenters. The summed E-state index contributed by atoms with van der Waals surface area (Å²) in [6.45, 7) is 0.796. The van der Waals surface area contributed by atoms with Gasteiger partial charge in [-0.05, 0) is 35.2 Å². The fourth-order valence-electron chi connectivity index (χ4n) is 2.42. The third-order valence-electron chi connectivity index (χ3n) is 3.53. The highest BCUT2D eigenvalue weighted by molar-refractivity contribution is 7.09. The van der Waals surface area contributed by atoms with Gasteiger partial charge in [0.1, 0.15) is 0 Å². The molecule has 0 spiro atoms. The summed E-state index contributed by atoms with van der Waals surface area (Å²) in [6, 6.07) is 14.1. The molecule has 0 aliphatic rings. The number of hydrogen-bond acceptors (Lipinski definition) is 6. The highest BCUT2D eigenvalue weighted by atomic mass is 32.1. The maximum absolute atomic E-state index is 4.42. The van der Waals surface area contributed by atoms with Gasteiger partial charge in [-0.1, -0.05) is 24.3 Å². The van der Waals surface area contributed by atoms with Gasteiger partial charge in [-0.3, -0.25) is 0 Å². The number of anilines is 1. The Bertz CT molecular complexity index is 901. The van der Waals surface area contributed by atoms with Crippen molar-refractivity contribution in [3.63, 3.8) is 0 Å². The Labute approximate surface area is 136 Å². The Morgan fingerprint density at radius 2 is 1.96 bits per heavy atom. The smallest absolute Gasteiger partial charge is 0.190 e. The Hall–Kier alpha value is -2.80. The molecule has 0 saturated heterocycles. The van der Waals surface area contributed by atoms with E-state index in [4.69, 9.17) is 0 Å². The Kier molecular flexibility index (Phi) is 3.69.